The van der Waals surface area contributed by atoms with Crippen molar-refractivity contribution in [2.24, 2.45) is 7.05 Å². The third kappa shape index (κ3) is 3.94. The molecule has 2 aromatic rings. The fraction of sp³-hybridized carbons (Fsp3) is 0.400. The summed E-state index contributed by atoms with van der Waals surface area (Å²) < 4.78 is 29.5. The number of aryl methyl sites for hydroxylation is 1. The molecule has 0 spiro atoms. The van der Waals surface area contributed by atoms with Gasteiger partial charge in [-0.05, 0) is 13.0 Å². The van der Waals surface area contributed by atoms with Crippen molar-refractivity contribution in [2.75, 3.05) is 19.6 Å². The summed E-state index contributed by atoms with van der Waals surface area (Å²) in [6.07, 6.45) is 3.34. The van der Waals surface area contributed by atoms with Gasteiger partial charge in [-0.1, -0.05) is 11.6 Å². The summed E-state index contributed by atoms with van der Waals surface area (Å²) >= 11 is 6.05. The molecule has 2 heterocycles. The molecule has 1 fully saturated rings. The number of sulfonamides is 1. The van der Waals surface area contributed by atoms with Crippen molar-refractivity contribution in [1.29, 1.82) is 0 Å². The van der Waals surface area contributed by atoms with Crippen LogP contribution in [-0.2, 0) is 17.1 Å². The summed E-state index contributed by atoms with van der Waals surface area (Å²) in [4.78, 5) is 14.7. The zero-order chi connectivity index (χ0) is 19.1. The Bertz CT molecular complexity index is 963. The minimum absolute atomic E-state index is 0. The maximum absolute atomic E-state index is 13.2. The molecule has 27 heavy (non-hydrogen) atoms. The molecule has 1 N–H and O–H groups in total. The number of nitro benzene ring substituents is 1. The lowest BCUT2D eigenvalue weighted by Crippen LogP contribution is -2.49. The van der Waals surface area contributed by atoms with Crippen LogP contribution in [-0.4, -0.2) is 46.8 Å². The first-order valence-corrected chi connectivity index (χ1v) is 9.69. The van der Waals surface area contributed by atoms with Crippen LogP contribution < -0.4 is 5.32 Å². The highest BCUT2D eigenvalue weighted by atomic mass is 35.5. The smallest absolute Gasteiger partial charge is 0.275 e. The van der Waals surface area contributed by atoms with Crippen LogP contribution in [0.15, 0.2) is 29.4 Å². The first-order valence-electron chi connectivity index (χ1n) is 7.88. The van der Waals surface area contributed by atoms with Gasteiger partial charge in [0.25, 0.3) is 5.69 Å². The Morgan fingerprint density at radius 1 is 1.41 bits per heavy atom. The molecule has 0 aliphatic carbocycles. The Balaban J connectivity index is 0.00000261. The largest absolute Gasteiger partial charge is 0.337 e. The Kier molecular flexibility index (Phi) is 6.48. The molecule has 1 atom stereocenters. The molecular formula is C15H19Cl2N5O4S. The molecule has 148 valence electrons. The van der Waals surface area contributed by atoms with Crippen molar-refractivity contribution in [2.45, 2.75) is 17.9 Å². The van der Waals surface area contributed by atoms with Gasteiger partial charge >= 0.3 is 0 Å². The molecule has 0 amide bonds. The molecule has 1 aliphatic rings. The molecule has 1 unspecified atom stereocenters. The van der Waals surface area contributed by atoms with Crippen LogP contribution in [0.1, 0.15) is 17.4 Å². The first-order chi connectivity index (χ1) is 12.2. The lowest BCUT2D eigenvalue weighted by molar-refractivity contribution is -0.385. The molecule has 1 aliphatic heterocycles. The number of hydrogen-bond donors (Lipinski definition) is 1. The van der Waals surface area contributed by atoms with Crippen LogP contribution in [0.2, 0.25) is 5.02 Å². The zero-order valence-corrected chi connectivity index (χ0v) is 17.0. The first kappa shape index (κ1) is 21.6. The standard InChI is InChI=1S/C15H18ClN5O4S.ClH/c1-10-12(16)7-11(8-13(10)21(22)23)26(24,25)20-6-3-17-9-14(20)15-18-4-5-19(15)2;/h4-5,7-8,14,17H,3,6,9H2,1-2H3;1H. The second-order valence-corrected chi connectivity index (χ2v) is 8.34. The van der Waals surface area contributed by atoms with Gasteiger partial charge in [-0.15, -0.1) is 12.4 Å². The zero-order valence-electron chi connectivity index (χ0n) is 14.6. The lowest BCUT2D eigenvalue weighted by atomic mass is 10.2. The number of piperazine rings is 1. The van der Waals surface area contributed by atoms with E-state index in [1.807, 2.05) is 0 Å². The van der Waals surface area contributed by atoms with Gasteiger partial charge in [0, 0.05) is 50.7 Å². The van der Waals surface area contributed by atoms with E-state index < -0.39 is 21.0 Å². The van der Waals surface area contributed by atoms with Crippen molar-refractivity contribution >= 4 is 39.7 Å². The number of nitrogens with one attached hydrogen (secondary N) is 1. The van der Waals surface area contributed by atoms with Gasteiger partial charge in [0.15, 0.2) is 0 Å². The van der Waals surface area contributed by atoms with E-state index in [-0.39, 0.29) is 40.1 Å². The summed E-state index contributed by atoms with van der Waals surface area (Å²) in [5.41, 5.74) is -0.0867. The van der Waals surface area contributed by atoms with E-state index in [9.17, 15) is 18.5 Å². The second-order valence-electron chi connectivity index (χ2n) is 6.04. The van der Waals surface area contributed by atoms with E-state index in [1.54, 1.807) is 24.0 Å². The minimum atomic E-state index is -4.00. The van der Waals surface area contributed by atoms with Gasteiger partial charge in [0.1, 0.15) is 5.82 Å². The van der Waals surface area contributed by atoms with Crippen LogP contribution in [0.3, 0.4) is 0 Å². The van der Waals surface area contributed by atoms with Gasteiger partial charge in [-0.2, -0.15) is 4.31 Å². The van der Waals surface area contributed by atoms with E-state index in [4.69, 9.17) is 11.6 Å². The van der Waals surface area contributed by atoms with E-state index in [1.165, 1.54) is 17.3 Å². The van der Waals surface area contributed by atoms with Gasteiger partial charge in [-0.3, -0.25) is 10.1 Å². The molecule has 1 aromatic heterocycles. The van der Waals surface area contributed by atoms with Gasteiger partial charge in [0.05, 0.1) is 20.9 Å². The van der Waals surface area contributed by atoms with Crippen molar-refractivity contribution in [3.05, 3.63) is 51.1 Å². The highest BCUT2D eigenvalue weighted by Crippen LogP contribution is 2.33. The maximum Gasteiger partial charge on any atom is 0.275 e. The number of aromatic nitrogens is 2. The summed E-state index contributed by atoms with van der Waals surface area (Å²) in [7, 11) is -2.21. The molecular weight excluding hydrogens is 417 g/mol. The average Bonchev–Trinajstić information content (AvgIpc) is 3.02. The van der Waals surface area contributed by atoms with E-state index in [2.05, 4.69) is 10.3 Å². The van der Waals surface area contributed by atoms with Crippen molar-refractivity contribution in [1.82, 2.24) is 19.2 Å². The minimum Gasteiger partial charge on any atom is -0.337 e. The third-order valence-corrected chi connectivity index (χ3v) is 6.72. The molecule has 0 bridgehead atoms. The lowest BCUT2D eigenvalue weighted by Gasteiger charge is -2.34. The van der Waals surface area contributed by atoms with Crippen molar-refractivity contribution in [3.63, 3.8) is 0 Å². The fourth-order valence-electron chi connectivity index (χ4n) is 3.01. The molecule has 0 radical (unpaired) electrons. The molecule has 12 heteroatoms. The van der Waals surface area contributed by atoms with Crippen molar-refractivity contribution < 1.29 is 13.3 Å². The molecule has 3 rings (SSSR count). The van der Waals surface area contributed by atoms with Crippen molar-refractivity contribution in [3.8, 4) is 0 Å². The Morgan fingerprint density at radius 3 is 2.70 bits per heavy atom. The average molecular weight is 436 g/mol. The topological polar surface area (TPSA) is 110 Å². The summed E-state index contributed by atoms with van der Waals surface area (Å²) in [5, 5.41) is 14.4. The van der Waals surface area contributed by atoms with Crippen LogP contribution in [0, 0.1) is 17.0 Å². The van der Waals surface area contributed by atoms with Crippen LogP contribution in [0.4, 0.5) is 5.69 Å². The van der Waals surface area contributed by atoms with Gasteiger partial charge < -0.3 is 9.88 Å². The molecule has 1 aromatic carbocycles. The van der Waals surface area contributed by atoms with Crippen LogP contribution in [0.5, 0.6) is 0 Å². The third-order valence-electron chi connectivity index (χ3n) is 4.44. The van der Waals surface area contributed by atoms with Crippen LogP contribution in [0.25, 0.3) is 0 Å². The Labute approximate surface area is 167 Å². The highest BCUT2D eigenvalue weighted by Gasteiger charge is 2.37. The van der Waals surface area contributed by atoms with Gasteiger partial charge in [0.2, 0.25) is 10.0 Å². The number of nitro groups is 1. The SMILES string of the molecule is Cc1c(Cl)cc(S(=O)(=O)N2CCNCC2c2nccn2C)cc1[N+](=O)[O-].Cl. The van der Waals surface area contributed by atoms with E-state index >= 15 is 0 Å². The van der Waals surface area contributed by atoms with E-state index in [0.717, 1.165) is 6.07 Å². The Hall–Kier alpha value is -1.72. The fourth-order valence-corrected chi connectivity index (χ4v) is 4.92. The monoisotopic (exact) mass is 435 g/mol. The second kappa shape index (κ2) is 8.11. The number of imidazole rings is 1. The number of nitrogens with zero attached hydrogens (tertiary/aromatic N) is 4. The Morgan fingerprint density at radius 2 is 2.11 bits per heavy atom. The summed E-state index contributed by atoms with van der Waals surface area (Å²) in [6, 6.07) is 1.80. The highest BCUT2D eigenvalue weighted by molar-refractivity contribution is 7.89. The number of halogens is 2. The summed E-state index contributed by atoms with van der Waals surface area (Å²) in [6.45, 7) is 2.57. The maximum atomic E-state index is 13.2. The quantitative estimate of drug-likeness (QED) is 0.580. The number of hydrogen-bond acceptors (Lipinski definition) is 6. The van der Waals surface area contributed by atoms with Crippen LogP contribution >= 0.6 is 24.0 Å². The number of rotatable bonds is 4. The van der Waals surface area contributed by atoms with Gasteiger partial charge in [-0.25, -0.2) is 13.4 Å². The normalized spacial score (nSPS) is 18.1. The predicted octanol–water partition coefficient (Wildman–Crippen LogP) is 2.05. The summed E-state index contributed by atoms with van der Waals surface area (Å²) in [5.74, 6) is 0.591. The van der Waals surface area contributed by atoms with E-state index in [0.29, 0.717) is 18.9 Å². The predicted molar refractivity (Wildman–Crippen MR) is 103 cm³/mol. The molecule has 0 saturated carbocycles. The molecule has 9 nitrogen and oxygen atoms in total. The number of benzene rings is 1. The molecule has 1 saturated heterocycles.